The zero-order valence-corrected chi connectivity index (χ0v) is 23.7. The van der Waals surface area contributed by atoms with E-state index in [1.54, 1.807) is 67.6 Å². The second-order valence-electron chi connectivity index (χ2n) is 9.55. The van der Waals surface area contributed by atoms with Gasteiger partial charge in [0, 0.05) is 26.0 Å². The van der Waals surface area contributed by atoms with Crippen LogP contribution in [0.1, 0.15) is 52.6 Å². The third-order valence-corrected chi connectivity index (χ3v) is 6.34. The lowest BCUT2D eigenvalue weighted by molar-refractivity contribution is -0.147. The number of nitrogens with one attached hydrogen (secondary N) is 2. The van der Waals surface area contributed by atoms with E-state index in [0.717, 1.165) is 4.90 Å². The molecule has 11 nitrogen and oxygen atoms in total. The number of rotatable bonds is 10. The van der Waals surface area contributed by atoms with Gasteiger partial charge in [-0.05, 0) is 60.5 Å². The molecular weight excluding hydrogens is 554 g/mol. The zero-order valence-electron chi connectivity index (χ0n) is 23.7. The summed E-state index contributed by atoms with van der Waals surface area (Å²) in [7, 11) is 0. The maximum Gasteiger partial charge on any atom is 0.329 e. The van der Waals surface area contributed by atoms with E-state index in [1.807, 2.05) is 0 Å². The zero-order chi connectivity index (χ0) is 31.1. The predicted molar refractivity (Wildman–Crippen MR) is 156 cm³/mol. The van der Waals surface area contributed by atoms with E-state index in [1.165, 1.54) is 32.1 Å². The monoisotopic (exact) mass is 583 g/mol. The molecule has 1 atom stereocenters. The van der Waals surface area contributed by atoms with E-state index >= 15 is 0 Å². The molecule has 0 saturated carbocycles. The van der Waals surface area contributed by atoms with Crippen LogP contribution in [0.4, 0.5) is 5.69 Å². The summed E-state index contributed by atoms with van der Waals surface area (Å²) in [6.45, 7) is 4.27. The highest BCUT2D eigenvalue weighted by Gasteiger charge is 2.43. The van der Waals surface area contributed by atoms with Gasteiger partial charge in [-0.25, -0.2) is 4.79 Å². The number of amides is 4. The van der Waals surface area contributed by atoms with Gasteiger partial charge in [0.15, 0.2) is 0 Å². The minimum absolute atomic E-state index is 0.00108. The Kier molecular flexibility index (Phi) is 9.46. The molecule has 3 aromatic carbocycles. The van der Waals surface area contributed by atoms with Crippen LogP contribution in [0.5, 0.6) is 5.75 Å². The largest absolute Gasteiger partial charge is 0.464 e. The van der Waals surface area contributed by atoms with Crippen LogP contribution in [-0.4, -0.2) is 53.1 Å². The number of fused-ring (bicyclic) bond motifs is 1. The highest BCUT2D eigenvalue weighted by atomic mass is 16.5. The van der Waals surface area contributed by atoms with E-state index in [4.69, 9.17) is 9.47 Å². The fourth-order valence-electron chi connectivity index (χ4n) is 4.47. The number of carbonyl (C=O) groups is 6. The van der Waals surface area contributed by atoms with Crippen LogP contribution in [0.3, 0.4) is 0 Å². The Balaban J connectivity index is 1.50. The van der Waals surface area contributed by atoms with E-state index in [9.17, 15) is 28.8 Å². The lowest BCUT2D eigenvalue weighted by Gasteiger charge is -2.24. The second kappa shape index (κ2) is 13.4. The maximum absolute atomic E-state index is 13.0. The number of anilines is 1. The molecule has 2 N–H and O–H groups in total. The average molecular weight is 584 g/mol. The minimum atomic E-state index is -1.19. The summed E-state index contributed by atoms with van der Waals surface area (Å²) in [5.74, 6) is -3.02. The number of carbonyl (C=O) groups excluding carboxylic acids is 6. The molecule has 0 aliphatic carbocycles. The standard InChI is InChI=1S/C32H29N3O8/c1-4-42-32(41)28(35-30(39)25-7-5-6-8-26(25)31(35)40)18-22-9-13-23(14-10-22)34-29(38)27(33-19(2)36)17-21-11-15-24(16-12-21)43-20(3)37/h5-17,28H,4,18H2,1-3H3,(H,33,36)(H,34,38)/b27-17-/t28-/m1/s1. The van der Waals surface area contributed by atoms with Crippen LogP contribution >= 0.6 is 0 Å². The molecule has 11 heteroatoms. The summed E-state index contributed by atoms with van der Waals surface area (Å²) < 4.78 is 10.2. The minimum Gasteiger partial charge on any atom is -0.464 e. The van der Waals surface area contributed by atoms with Gasteiger partial charge in [0.05, 0.1) is 17.7 Å². The van der Waals surface area contributed by atoms with Crippen molar-refractivity contribution in [2.24, 2.45) is 0 Å². The normalized spacial score (nSPS) is 13.2. The quantitative estimate of drug-likeness (QED) is 0.160. The molecule has 1 aliphatic heterocycles. The number of hydrogen-bond donors (Lipinski definition) is 2. The number of nitrogens with zero attached hydrogens (tertiary/aromatic N) is 1. The van der Waals surface area contributed by atoms with E-state index in [0.29, 0.717) is 22.6 Å². The third kappa shape index (κ3) is 7.39. The van der Waals surface area contributed by atoms with Gasteiger partial charge >= 0.3 is 11.9 Å². The fraction of sp³-hybridized carbons (Fsp3) is 0.188. The smallest absolute Gasteiger partial charge is 0.329 e. The van der Waals surface area contributed by atoms with Crippen molar-refractivity contribution in [2.75, 3.05) is 11.9 Å². The number of hydrogen-bond acceptors (Lipinski definition) is 8. The maximum atomic E-state index is 13.0. The van der Waals surface area contributed by atoms with Crippen molar-refractivity contribution >= 4 is 47.3 Å². The molecule has 0 spiro atoms. The molecule has 220 valence electrons. The highest BCUT2D eigenvalue weighted by Crippen LogP contribution is 2.27. The van der Waals surface area contributed by atoms with E-state index in [2.05, 4.69) is 10.6 Å². The summed E-state index contributed by atoms with van der Waals surface area (Å²) >= 11 is 0. The van der Waals surface area contributed by atoms with Gasteiger partial charge in [-0.3, -0.25) is 28.9 Å². The Morgan fingerprint density at radius 1 is 0.860 bits per heavy atom. The summed E-state index contributed by atoms with van der Waals surface area (Å²) in [5.41, 5.74) is 2.00. The van der Waals surface area contributed by atoms with Crippen LogP contribution < -0.4 is 15.4 Å². The van der Waals surface area contributed by atoms with Crippen LogP contribution in [0, 0.1) is 0 Å². The Hall–Kier alpha value is -5.58. The van der Waals surface area contributed by atoms with Crippen molar-refractivity contribution < 1.29 is 38.2 Å². The lowest BCUT2D eigenvalue weighted by atomic mass is 10.0. The molecule has 0 aromatic heterocycles. The van der Waals surface area contributed by atoms with Gasteiger partial charge in [-0.2, -0.15) is 0 Å². The number of imide groups is 1. The van der Waals surface area contributed by atoms with Crippen molar-refractivity contribution in [2.45, 2.75) is 33.2 Å². The molecule has 0 radical (unpaired) electrons. The summed E-state index contributed by atoms with van der Waals surface area (Å²) in [6, 6.07) is 18.0. The molecule has 3 aromatic rings. The lowest BCUT2D eigenvalue weighted by Crippen LogP contribution is -2.47. The van der Waals surface area contributed by atoms with Gasteiger partial charge in [-0.15, -0.1) is 0 Å². The molecule has 1 heterocycles. The van der Waals surface area contributed by atoms with Gasteiger partial charge in [0.2, 0.25) is 5.91 Å². The van der Waals surface area contributed by atoms with Crippen LogP contribution in [-0.2, 0) is 30.3 Å². The van der Waals surface area contributed by atoms with Crippen LogP contribution in [0.25, 0.3) is 6.08 Å². The molecule has 0 fully saturated rings. The SMILES string of the molecule is CCOC(=O)[C@@H](Cc1ccc(NC(=O)/C(=C/c2ccc(OC(C)=O)cc2)NC(C)=O)cc1)N1C(=O)c2ccccc2C1=O. The van der Waals surface area contributed by atoms with Crippen LogP contribution in [0.15, 0.2) is 78.5 Å². The van der Waals surface area contributed by atoms with Gasteiger partial charge in [0.1, 0.15) is 17.5 Å². The first-order valence-corrected chi connectivity index (χ1v) is 13.4. The topological polar surface area (TPSA) is 148 Å². The number of ether oxygens (including phenoxy) is 2. The molecule has 0 unspecified atom stereocenters. The van der Waals surface area contributed by atoms with Gasteiger partial charge < -0.3 is 20.1 Å². The highest BCUT2D eigenvalue weighted by molar-refractivity contribution is 6.22. The molecular formula is C32H29N3O8. The Morgan fingerprint density at radius 2 is 1.47 bits per heavy atom. The van der Waals surface area contributed by atoms with Gasteiger partial charge in [-0.1, -0.05) is 36.4 Å². The van der Waals surface area contributed by atoms with Crippen molar-refractivity contribution in [3.8, 4) is 5.75 Å². The van der Waals surface area contributed by atoms with Crippen LogP contribution in [0.2, 0.25) is 0 Å². The second-order valence-corrected chi connectivity index (χ2v) is 9.55. The van der Waals surface area contributed by atoms with Crippen molar-refractivity contribution in [3.63, 3.8) is 0 Å². The molecule has 4 rings (SSSR count). The Morgan fingerprint density at radius 3 is 2.00 bits per heavy atom. The van der Waals surface area contributed by atoms with Gasteiger partial charge in [0.25, 0.3) is 17.7 Å². The molecule has 0 saturated heterocycles. The summed E-state index contributed by atoms with van der Waals surface area (Å²) in [4.78, 5) is 75.9. The first-order valence-electron chi connectivity index (χ1n) is 13.4. The average Bonchev–Trinajstić information content (AvgIpc) is 3.22. The first-order chi connectivity index (χ1) is 20.6. The fourth-order valence-corrected chi connectivity index (χ4v) is 4.47. The number of benzene rings is 3. The Bertz CT molecular complexity index is 1580. The predicted octanol–water partition coefficient (Wildman–Crippen LogP) is 3.50. The van der Waals surface area contributed by atoms with E-state index < -0.39 is 41.6 Å². The molecule has 4 amide bonds. The summed E-state index contributed by atoms with van der Waals surface area (Å²) in [6.07, 6.45) is 1.47. The third-order valence-electron chi connectivity index (χ3n) is 6.34. The summed E-state index contributed by atoms with van der Waals surface area (Å²) in [5, 5.41) is 5.22. The molecule has 0 bridgehead atoms. The van der Waals surface area contributed by atoms with Crippen molar-refractivity contribution in [1.82, 2.24) is 10.2 Å². The molecule has 1 aliphatic rings. The van der Waals surface area contributed by atoms with E-state index in [-0.39, 0.29) is 29.9 Å². The number of esters is 2. The Labute approximate surface area is 247 Å². The first kappa shape index (κ1) is 30.4. The van der Waals surface area contributed by atoms with Crippen molar-refractivity contribution in [3.05, 3.63) is 101 Å². The molecule has 43 heavy (non-hydrogen) atoms. The van der Waals surface area contributed by atoms with Crippen molar-refractivity contribution in [1.29, 1.82) is 0 Å².